The summed E-state index contributed by atoms with van der Waals surface area (Å²) in [6, 6.07) is -0.194. The molecule has 0 saturated carbocycles. The molecule has 0 radical (unpaired) electrons. The van der Waals surface area contributed by atoms with Crippen LogP contribution in [0.5, 0.6) is 0 Å². The summed E-state index contributed by atoms with van der Waals surface area (Å²) in [5.41, 5.74) is -0.810. The Morgan fingerprint density at radius 3 is 2.50 bits per heavy atom. The molecule has 6 nitrogen and oxygen atoms in total. The Labute approximate surface area is 164 Å². The highest BCUT2D eigenvalue weighted by Crippen LogP contribution is 2.44. The van der Waals surface area contributed by atoms with Gasteiger partial charge in [-0.2, -0.15) is 13.9 Å². The number of rotatable bonds is 1. The number of fused-ring (bicyclic) bond motifs is 3. The maximum atomic E-state index is 15.1. The van der Waals surface area contributed by atoms with Gasteiger partial charge in [0.05, 0.1) is 17.8 Å². The number of hydrogen-bond acceptors (Lipinski definition) is 4. The first-order valence-corrected chi connectivity index (χ1v) is 9.88. The highest BCUT2D eigenvalue weighted by atomic mass is 19.3. The Hall–Kier alpha value is -1.70. The van der Waals surface area contributed by atoms with Gasteiger partial charge in [0.15, 0.2) is 0 Å². The van der Waals surface area contributed by atoms with Gasteiger partial charge < -0.3 is 14.7 Å². The lowest BCUT2D eigenvalue weighted by Gasteiger charge is -2.35. The molecule has 0 aliphatic carbocycles. The fraction of sp³-hybridized carbons (Fsp3) is 0.800. The second-order valence-corrected chi connectivity index (χ2v) is 9.71. The second-order valence-electron chi connectivity index (χ2n) is 9.71. The zero-order valence-electron chi connectivity index (χ0n) is 17.6. The van der Waals surface area contributed by atoms with E-state index in [4.69, 9.17) is 4.74 Å². The monoisotopic (exact) mass is 399 g/mol. The lowest BCUT2D eigenvalue weighted by Crippen LogP contribution is -2.45. The number of aliphatic hydroxyl groups is 1. The fourth-order valence-electron chi connectivity index (χ4n) is 4.05. The van der Waals surface area contributed by atoms with E-state index in [0.29, 0.717) is 17.7 Å². The van der Waals surface area contributed by atoms with E-state index in [1.54, 1.807) is 34.6 Å². The summed E-state index contributed by atoms with van der Waals surface area (Å²) in [6.45, 7) is 10.8. The van der Waals surface area contributed by atoms with Crippen molar-refractivity contribution in [3.05, 3.63) is 17.0 Å². The van der Waals surface area contributed by atoms with E-state index >= 15 is 8.78 Å². The summed E-state index contributed by atoms with van der Waals surface area (Å²) >= 11 is 0. The minimum absolute atomic E-state index is 0.0590. The Kier molecular flexibility index (Phi) is 5.01. The molecule has 2 aliphatic rings. The number of hydrogen-bond donors (Lipinski definition) is 1. The second kappa shape index (κ2) is 6.68. The average molecular weight is 399 g/mol. The number of carbonyl (C=O) groups is 1. The molecule has 3 heterocycles. The predicted octanol–water partition coefficient (Wildman–Crippen LogP) is 3.84. The largest absolute Gasteiger partial charge is 0.444 e. The van der Waals surface area contributed by atoms with Crippen molar-refractivity contribution in [1.29, 1.82) is 0 Å². The van der Waals surface area contributed by atoms with Gasteiger partial charge in [-0.15, -0.1) is 0 Å². The van der Waals surface area contributed by atoms with Crippen molar-refractivity contribution >= 4 is 6.09 Å². The Balaban J connectivity index is 1.97. The molecule has 2 aliphatic heterocycles. The lowest BCUT2D eigenvalue weighted by atomic mass is 9.86. The zero-order valence-corrected chi connectivity index (χ0v) is 17.6. The van der Waals surface area contributed by atoms with E-state index in [2.05, 4.69) is 5.10 Å². The van der Waals surface area contributed by atoms with Crippen molar-refractivity contribution in [1.82, 2.24) is 14.7 Å². The SMILES string of the molecule is C[C@@H]1Cc2nn3c(c2CN1C(=O)OC(C)(C)C)C(F)(F)CCC(C(C)(C)O)C3. The Morgan fingerprint density at radius 1 is 1.29 bits per heavy atom. The van der Waals surface area contributed by atoms with Gasteiger partial charge in [0.1, 0.15) is 11.3 Å². The van der Waals surface area contributed by atoms with Crippen molar-refractivity contribution in [3.63, 3.8) is 0 Å². The molecule has 0 saturated heterocycles. The van der Waals surface area contributed by atoms with Crippen molar-refractivity contribution in [2.24, 2.45) is 5.92 Å². The lowest BCUT2D eigenvalue weighted by molar-refractivity contribution is -0.0342. The molecular formula is C20H31F2N3O3. The van der Waals surface area contributed by atoms with E-state index in [9.17, 15) is 9.90 Å². The standard InChI is InChI=1S/C20H31F2N3O3/c1-12-9-15-14(11-24(12)17(26)28-18(2,3)4)16-20(21,22)8-7-13(19(5,6)27)10-25(16)23-15/h12-13,27H,7-11H2,1-6H3/t12-,13?/m1/s1. The molecule has 8 heteroatoms. The number of halogens is 2. The summed E-state index contributed by atoms with van der Waals surface area (Å²) in [7, 11) is 0. The van der Waals surface area contributed by atoms with Crippen LogP contribution in [0.3, 0.4) is 0 Å². The first kappa shape index (κ1) is 21.0. The quantitative estimate of drug-likeness (QED) is 0.779. The fourth-order valence-corrected chi connectivity index (χ4v) is 4.05. The van der Waals surface area contributed by atoms with Crippen molar-refractivity contribution in [2.75, 3.05) is 0 Å². The summed E-state index contributed by atoms with van der Waals surface area (Å²) in [5.74, 6) is -3.37. The Morgan fingerprint density at radius 2 is 1.93 bits per heavy atom. The van der Waals surface area contributed by atoms with E-state index < -0.39 is 23.2 Å². The topological polar surface area (TPSA) is 67.6 Å². The van der Waals surface area contributed by atoms with Gasteiger partial charge in [0.25, 0.3) is 5.92 Å². The maximum absolute atomic E-state index is 15.1. The molecule has 0 spiro atoms. The van der Waals surface area contributed by atoms with E-state index in [0.717, 1.165) is 0 Å². The van der Waals surface area contributed by atoms with E-state index in [1.807, 2.05) is 6.92 Å². The highest BCUT2D eigenvalue weighted by molar-refractivity contribution is 5.69. The first-order chi connectivity index (χ1) is 12.7. The third-order valence-electron chi connectivity index (χ3n) is 5.66. The number of alkyl halides is 2. The predicted molar refractivity (Wildman–Crippen MR) is 100 cm³/mol. The normalized spacial score (nSPS) is 25.0. The van der Waals surface area contributed by atoms with E-state index in [-0.39, 0.29) is 43.6 Å². The van der Waals surface area contributed by atoms with Gasteiger partial charge in [-0.25, -0.2) is 4.79 Å². The van der Waals surface area contributed by atoms with Crippen LogP contribution in [0, 0.1) is 5.92 Å². The molecule has 1 N–H and O–H groups in total. The first-order valence-electron chi connectivity index (χ1n) is 9.88. The highest BCUT2D eigenvalue weighted by Gasteiger charge is 2.46. The third kappa shape index (κ3) is 4.02. The summed E-state index contributed by atoms with van der Waals surface area (Å²) in [4.78, 5) is 14.1. The van der Waals surface area contributed by atoms with Gasteiger partial charge in [0.2, 0.25) is 0 Å². The van der Waals surface area contributed by atoms with Crippen LogP contribution in [0.15, 0.2) is 0 Å². The van der Waals surface area contributed by atoms with Gasteiger partial charge in [-0.3, -0.25) is 4.68 Å². The van der Waals surface area contributed by atoms with Crippen LogP contribution >= 0.6 is 0 Å². The van der Waals surface area contributed by atoms with Crippen molar-refractivity contribution in [2.45, 2.75) is 97.1 Å². The molecule has 1 amide bonds. The van der Waals surface area contributed by atoms with Crippen LogP contribution < -0.4 is 0 Å². The molecule has 158 valence electrons. The van der Waals surface area contributed by atoms with Crippen LogP contribution in [0.25, 0.3) is 0 Å². The molecule has 0 fully saturated rings. The smallest absolute Gasteiger partial charge is 0.410 e. The van der Waals surface area contributed by atoms with Gasteiger partial charge in [0, 0.05) is 36.9 Å². The summed E-state index contributed by atoms with van der Waals surface area (Å²) < 4.78 is 36.9. The summed E-state index contributed by atoms with van der Waals surface area (Å²) in [5, 5.41) is 14.9. The average Bonchev–Trinajstić information content (AvgIpc) is 2.78. The van der Waals surface area contributed by atoms with Gasteiger partial charge >= 0.3 is 6.09 Å². The third-order valence-corrected chi connectivity index (χ3v) is 5.66. The molecule has 2 atom stereocenters. The van der Waals surface area contributed by atoms with Gasteiger partial charge in [-0.1, -0.05) is 0 Å². The van der Waals surface area contributed by atoms with Crippen molar-refractivity contribution < 1.29 is 23.4 Å². The molecule has 3 rings (SSSR count). The number of nitrogens with zero attached hydrogens (tertiary/aromatic N) is 3. The van der Waals surface area contributed by atoms with Crippen LogP contribution in [0.1, 0.15) is 71.3 Å². The summed E-state index contributed by atoms with van der Waals surface area (Å²) in [6.07, 6.45) is -0.239. The van der Waals surface area contributed by atoms with Crippen LogP contribution in [-0.2, 0) is 30.2 Å². The molecular weight excluding hydrogens is 368 g/mol. The molecule has 1 unspecified atom stereocenters. The zero-order chi connectivity index (χ0) is 21.1. The molecule has 28 heavy (non-hydrogen) atoms. The van der Waals surface area contributed by atoms with Crippen LogP contribution in [-0.4, -0.2) is 43.1 Å². The van der Waals surface area contributed by atoms with E-state index in [1.165, 1.54) is 9.58 Å². The maximum Gasteiger partial charge on any atom is 0.410 e. The van der Waals surface area contributed by atoms with Crippen LogP contribution in [0.4, 0.5) is 13.6 Å². The number of carbonyl (C=O) groups excluding carboxylic acids is 1. The molecule has 0 aromatic carbocycles. The Bertz CT molecular complexity index is 762. The van der Waals surface area contributed by atoms with Gasteiger partial charge in [-0.05, 0) is 48.0 Å². The molecule has 0 bridgehead atoms. The molecule has 1 aromatic rings. The minimum Gasteiger partial charge on any atom is -0.444 e. The van der Waals surface area contributed by atoms with Crippen LogP contribution in [0.2, 0.25) is 0 Å². The number of amides is 1. The van der Waals surface area contributed by atoms with Crippen molar-refractivity contribution in [3.8, 4) is 0 Å². The number of aromatic nitrogens is 2. The number of ether oxygens (including phenoxy) is 1. The molecule has 1 aromatic heterocycles. The minimum atomic E-state index is -3.05.